The van der Waals surface area contributed by atoms with E-state index in [1.54, 1.807) is 12.1 Å². The molecule has 0 spiro atoms. The predicted octanol–water partition coefficient (Wildman–Crippen LogP) is 9.29. The normalized spacial score (nSPS) is 27.1. The van der Waals surface area contributed by atoms with Gasteiger partial charge < -0.3 is 0 Å². The summed E-state index contributed by atoms with van der Waals surface area (Å²) >= 11 is 5.94. The van der Waals surface area contributed by atoms with Crippen LogP contribution in [0.15, 0.2) is 30.3 Å². The maximum Gasteiger partial charge on any atom is 0.142 e. The molecule has 2 aliphatic carbocycles. The molecule has 0 bridgehead atoms. The van der Waals surface area contributed by atoms with Gasteiger partial charge in [-0.25, -0.2) is 4.39 Å². The Kier molecular flexibility index (Phi) is 7.16. The highest BCUT2D eigenvalue weighted by Gasteiger charge is 2.35. The number of unbranched alkanes of at least 4 members (excludes halogenated alkanes) is 4. The van der Waals surface area contributed by atoms with E-state index in [0.717, 1.165) is 28.5 Å². The molecule has 2 aromatic rings. The van der Waals surface area contributed by atoms with Crippen molar-refractivity contribution >= 4 is 22.4 Å². The Balaban J connectivity index is 1.33. The van der Waals surface area contributed by atoms with Crippen molar-refractivity contribution in [2.75, 3.05) is 0 Å². The van der Waals surface area contributed by atoms with Crippen molar-refractivity contribution < 1.29 is 4.39 Å². The molecule has 0 nitrogen and oxygen atoms in total. The smallest absolute Gasteiger partial charge is 0.142 e. The number of hydrogen-bond donors (Lipinski definition) is 0. The minimum atomic E-state index is -0.312. The number of halogens is 2. The van der Waals surface area contributed by atoms with Crippen LogP contribution in [-0.4, -0.2) is 0 Å². The molecule has 2 fully saturated rings. The van der Waals surface area contributed by atoms with Crippen LogP contribution in [0.2, 0.25) is 5.02 Å². The average Bonchev–Trinajstić information content (AvgIpc) is 2.73. The lowest BCUT2D eigenvalue weighted by atomic mass is 9.63. The van der Waals surface area contributed by atoms with Crippen molar-refractivity contribution in [1.82, 2.24) is 0 Å². The molecule has 0 amide bonds. The lowest BCUT2D eigenvalue weighted by Crippen LogP contribution is -2.30. The fraction of sp³-hybridized carbons (Fsp3) is 0.630. The van der Waals surface area contributed by atoms with Crippen LogP contribution in [0.5, 0.6) is 0 Å². The van der Waals surface area contributed by atoms with Gasteiger partial charge in [0.2, 0.25) is 0 Å². The van der Waals surface area contributed by atoms with Gasteiger partial charge in [-0.3, -0.25) is 0 Å². The molecule has 2 saturated carbocycles. The molecule has 0 radical (unpaired) electrons. The van der Waals surface area contributed by atoms with E-state index in [9.17, 15) is 4.39 Å². The van der Waals surface area contributed by atoms with Gasteiger partial charge in [0.05, 0.1) is 5.02 Å². The van der Waals surface area contributed by atoms with Crippen LogP contribution in [-0.2, 0) is 0 Å². The first kappa shape index (κ1) is 21.2. The molecule has 2 heteroatoms. The first-order valence-electron chi connectivity index (χ1n) is 12.0. The Bertz CT molecular complexity index is 814. The molecule has 0 N–H and O–H groups in total. The quantitative estimate of drug-likeness (QED) is 0.396. The molecule has 0 aromatic heterocycles. The summed E-state index contributed by atoms with van der Waals surface area (Å²) < 4.78 is 13.9. The molecular weight excluding hydrogens is 379 g/mol. The predicted molar refractivity (Wildman–Crippen MR) is 123 cm³/mol. The Labute approximate surface area is 181 Å². The van der Waals surface area contributed by atoms with Crippen molar-refractivity contribution in [3.8, 4) is 0 Å². The molecule has 0 saturated heterocycles. The fourth-order valence-electron chi connectivity index (χ4n) is 6.10. The molecule has 0 heterocycles. The van der Waals surface area contributed by atoms with Crippen LogP contribution in [0.3, 0.4) is 0 Å². The standard InChI is InChI=1S/C27H36ClF/c1-2-3-4-5-6-7-19-8-9-21-15-22(11-10-20(21)14-19)23-12-13-24-17-26(28)27(29)18-25(24)16-23/h12-13,16-22H,2-11,14-15H2,1H3. The Morgan fingerprint density at radius 2 is 1.66 bits per heavy atom. The minimum absolute atomic E-state index is 0.216. The number of fused-ring (bicyclic) bond motifs is 2. The van der Waals surface area contributed by atoms with E-state index in [0.29, 0.717) is 5.92 Å². The van der Waals surface area contributed by atoms with Gasteiger partial charge in [-0.15, -0.1) is 0 Å². The van der Waals surface area contributed by atoms with Crippen molar-refractivity contribution in [2.24, 2.45) is 17.8 Å². The molecule has 158 valence electrons. The zero-order valence-electron chi connectivity index (χ0n) is 17.9. The minimum Gasteiger partial charge on any atom is -0.205 e. The first-order chi connectivity index (χ1) is 14.1. The summed E-state index contributed by atoms with van der Waals surface area (Å²) in [6.07, 6.45) is 16.9. The largest absolute Gasteiger partial charge is 0.205 e. The van der Waals surface area contributed by atoms with Crippen molar-refractivity contribution in [2.45, 2.75) is 89.9 Å². The zero-order valence-corrected chi connectivity index (χ0v) is 18.7. The van der Waals surface area contributed by atoms with E-state index in [1.165, 1.54) is 82.6 Å². The third-order valence-electron chi connectivity index (χ3n) is 7.81. The van der Waals surface area contributed by atoms with Gasteiger partial charge in [0.25, 0.3) is 0 Å². The average molecular weight is 415 g/mol. The van der Waals surface area contributed by atoms with Crippen LogP contribution >= 0.6 is 11.6 Å². The van der Waals surface area contributed by atoms with Gasteiger partial charge in [-0.05, 0) is 84.2 Å². The second-order valence-electron chi connectivity index (χ2n) is 9.79. The van der Waals surface area contributed by atoms with Crippen LogP contribution in [0.4, 0.5) is 4.39 Å². The maximum atomic E-state index is 13.9. The number of hydrogen-bond acceptors (Lipinski definition) is 0. The third-order valence-corrected chi connectivity index (χ3v) is 8.10. The number of rotatable bonds is 7. The summed E-state index contributed by atoms with van der Waals surface area (Å²) in [4.78, 5) is 0. The van der Waals surface area contributed by atoms with Crippen LogP contribution in [0, 0.1) is 23.6 Å². The SMILES string of the molecule is CCCCCCCC1CCC2CC(c3ccc4cc(Cl)c(F)cc4c3)CCC2C1. The zero-order chi connectivity index (χ0) is 20.2. The van der Waals surface area contributed by atoms with Crippen molar-refractivity contribution in [3.63, 3.8) is 0 Å². The van der Waals surface area contributed by atoms with E-state index < -0.39 is 0 Å². The maximum absolute atomic E-state index is 13.9. The Morgan fingerprint density at radius 3 is 2.52 bits per heavy atom. The summed E-state index contributed by atoms with van der Waals surface area (Å²) in [5.74, 6) is 3.18. The van der Waals surface area contributed by atoms with Gasteiger partial charge in [-0.1, -0.05) is 81.7 Å². The molecule has 4 atom stereocenters. The number of benzene rings is 2. The van der Waals surface area contributed by atoms with E-state index in [-0.39, 0.29) is 10.8 Å². The monoisotopic (exact) mass is 414 g/mol. The van der Waals surface area contributed by atoms with E-state index in [1.807, 2.05) is 0 Å². The lowest BCUT2D eigenvalue weighted by Gasteiger charge is -2.42. The summed E-state index contributed by atoms with van der Waals surface area (Å²) in [6, 6.07) is 9.93. The summed E-state index contributed by atoms with van der Waals surface area (Å²) in [5.41, 5.74) is 1.40. The highest BCUT2D eigenvalue weighted by atomic mass is 35.5. The second-order valence-corrected chi connectivity index (χ2v) is 10.2. The molecular formula is C27H36ClF. The molecule has 2 aliphatic rings. The van der Waals surface area contributed by atoms with Crippen molar-refractivity contribution in [3.05, 3.63) is 46.7 Å². The molecule has 4 rings (SSSR count). The molecule has 29 heavy (non-hydrogen) atoms. The highest BCUT2D eigenvalue weighted by Crippen LogP contribution is 2.48. The van der Waals surface area contributed by atoms with Crippen LogP contribution < -0.4 is 0 Å². The van der Waals surface area contributed by atoms with Gasteiger partial charge in [0.1, 0.15) is 5.82 Å². The van der Waals surface area contributed by atoms with E-state index in [2.05, 4.69) is 25.1 Å². The van der Waals surface area contributed by atoms with Gasteiger partial charge in [-0.2, -0.15) is 0 Å². The fourth-order valence-corrected chi connectivity index (χ4v) is 6.27. The van der Waals surface area contributed by atoms with E-state index >= 15 is 0 Å². The Morgan fingerprint density at radius 1 is 0.862 bits per heavy atom. The van der Waals surface area contributed by atoms with Crippen LogP contribution in [0.25, 0.3) is 10.8 Å². The lowest BCUT2D eigenvalue weighted by molar-refractivity contribution is 0.113. The van der Waals surface area contributed by atoms with Crippen LogP contribution in [0.1, 0.15) is 95.5 Å². The first-order valence-corrected chi connectivity index (χ1v) is 12.4. The van der Waals surface area contributed by atoms with Gasteiger partial charge in [0, 0.05) is 0 Å². The molecule has 2 aromatic carbocycles. The summed E-state index contributed by atoms with van der Waals surface area (Å²) in [7, 11) is 0. The van der Waals surface area contributed by atoms with E-state index in [4.69, 9.17) is 11.6 Å². The van der Waals surface area contributed by atoms with Gasteiger partial charge in [0.15, 0.2) is 0 Å². The molecule has 4 unspecified atom stereocenters. The van der Waals surface area contributed by atoms with Gasteiger partial charge >= 0.3 is 0 Å². The van der Waals surface area contributed by atoms with Crippen molar-refractivity contribution in [1.29, 1.82) is 0 Å². The summed E-state index contributed by atoms with van der Waals surface area (Å²) in [6.45, 7) is 2.30. The topological polar surface area (TPSA) is 0 Å². The second kappa shape index (κ2) is 9.82. The summed E-state index contributed by atoms with van der Waals surface area (Å²) in [5, 5.41) is 2.24. The third kappa shape index (κ3) is 5.16. The Hall–Kier alpha value is -1.08. The molecule has 0 aliphatic heterocycles. The highest BCUT2D eigenvalue weighted by molar-refractivity contribution is 6.31.